The van der Waals surface area contributed by atoms with E-state index < -0.39 is 23.3 Å². The van der Waals surface area contributed by atoms with Crippen molar-refractivity contribution in [3.63, 3.8) is 0 Å². The molecule has 0 saturated heterocycles. The molecule has 0 saturated carbocycles. The molecule has 6 aromatic rings. The Morgan fingerprint density at radius 3 is 1.80 bits per heavy atom. The summed E-state index contributed by atoms with van der Waals surface area (Å²) in [5.74, 6) is 1.40. The number of hydrogen-bond acceptors (Lipinski definition) is 7. The van der Waals surface area contributed by atoms with Gasteiger partial charge in [0.25, 0.3) is 5.56 Å². The molecule has 1 atom stereocenters. The fraction of sp³-hybridized carbons (Fsp3) is 0.315. The maximum Gasteiger partial charge on any atom is 0.414 e. The van der Waals surface area contributed by atoms with E-state index in [4.69, 9.17) is 9.47 Å². The van der Waals surface area contributed by atoms with E-state index in [1.807, 2.05) is 94.3 Å². The van der Waals surface area contributed by atoms with Gasteiger partial charge in [-0.05, 0) is 105 Å². The molecular weight excluding hydrogens is 831 g/mol. The highest BCUT2D eigenvalue weighted by Gasteiger charge is 2.36. The predicted molar refractivity (Wildman–Crippen MR) is 259 cm³/mol. The van der Waals surface area contributed by atoms with Gasteiger partial charge in [-0.3, -0.25) is 4.79 Å². The molecule has 0 aliphatic carbocycles. The van der Waals surface area contributed by atoms with Crippen LogP contribution in [-0.4, -0.2) is 65.5 Å². The van der Waals surface area contributed by atoms with Gasteiger partial charge in [-0.2, -0.15) is 9.83 Å². The number of hydrogen-bond donors (Lipinski definition) is 1. The number of aryl methyl sites for hydroxylation is 1. The van der Waals surface area contributed by atoms with Crippen molar-refractivity contribution < 1.29 is 23.6 Å². The number of carbonyl (C=O) groups excluding carboxylic acids is 2. The molecule has 0 spiro atoms. The molecule has 65 heavy (non-hydrogen) atoms. The summed E-state index contributed by atoms with van der Waals surface area (Å²) < 4.78 is 13.0. The van der Waals surface area contributed by atoms with Crippen LogP contribution in [0.5, 0.6) is 5.75 Å². The number of rotatable bonds is 18. The molecule has 2 amide bonds. The van der Waals surface area contributed by atoms with Crippen LogP contribution in [0.3, 0.4) is 0 Å². The molecule has 6 rings (SSSR count). The molecule has 0 fully saturated rings. The van der Waals surface area contributed by atoms with Crippen LogP contribution in [0, 0.1) is 18.3 Å². The summed E-state index contributed by atoms with van der Waals surface area (Å²) in [5.41, 5.74) is 6.32. The van der Waals surface area contributed by atoms with Crippen LogP contribution >= 0.6 is 11.8 Å². The average molecular weight is 891 g/mol. The van der Waals surface area contributed by atoms with E-state index in [1.165, 1.54) is 26.5 Å². The van der Waals surface area contributed by atoms with E-state index in [-0.39, 0.29) is 16.4 Å². The number of thioether (sulfide) groups is 1. The third kappa shape index (κ3) is 12.5. The zero-order valence-electron chi connectivity index (χ0n) is 38.3. The van der Waals surface area contributed by atoms with Crippen molar-refractivity contribution in [1.29, 1.82) is 5.26 Å². The SMILES string of the molecule is Cc1[nH]c(=O)c(C#N)cc1-c1cc[n+](C(CCCCCSC(c2ccccc2)(c2ccccc2)c2ccccc2)c2ccc(OC(=O)N(C)CCCN(C)C(=O)OC(C)(C)C)cc2)cc1. The second-order valence-corrected chi connectivity index (χ2v) is 18.6. The van der Waals surface area contributed by atoms with Gasteiger partial charge < -0.3 is 24.3 Å². The molecule has 10 nitrogen and oxygen atoms in total. The molecule has 1 N–H and O–H groups in total. The first-order chi connectivity index (χ1) is 31.3. The summed E-state index contributed by atoms with van der Waals surface area (Å²) >= 11 is 1.99. The fourth-order valence-electron chi connectivity index (χ4n) is 7.93. The predicted octanol–water partition coefficient (Wildman–Crippen LogP) is 11.1. The normalized spacial score (nSPS) is 11.9. The van der Waals surface area contributed by atoms with Gasteiger partial charge in [0.15, 0.2) is 18.4 Å². The number of benzene rings is 4. The molecule has 4 aromatic carbocycles. The molecule has 0 aliphatic heterocycles. The first-order valence-electron chi connectivity index (χ1n) is 22.2. The minimum absolute atomic E-state index is 0.0190. The van der Waals surface area contributed by atoms with Crippen LogP contribution in [0.4, 0.5) is 9.59 Å². The molecule has 2 aromatic heterocycles. The standard InChI is InChI=1S/C54H59N5O5S/c1-40-48(38-43(39-55)50(60)56-40)41-31-35-59(36-32-41)49(42-27-29-47(30-28-42)63-51(61)57(5)33-19-34-58(6)52(62)64-53(2,3)4)26-17-10-18-37-65-54(44-20-11-7-12-21-44,45-22-13-8-14-23-45)46-24-15-9-16-25-46/h7-9,11-16,20-25,27-32,35-36,38,49H,10,17-19,26,33-34,37H2,1-6H3/p+1. The largest absolute Gasteiger partial charge is 0.444 e. The second-order valence-electron chi connectivity index (χ2n) is 17.3. The number of aromatic nitrogens is 2. The Labute approximate surface area is 387 Å². The smallest absolute Gasteiger partial charge is 0.414 e. The van der Waals surface area contributed by atoms with Crippen molar-refractivity contribution in [2.75, 3.05) is 32.9 Å². The van der Waals surface area contributed by atoms with E-state index in [0.717, 1.165) is 48.1 Å². The molecule has 0 bridgehead atoms. The summed E-state index contributed by atoms with van der Waals surface area (Å²) in [6, 6.07) is 47.7. The van der Waals surface area contributed by atoms with E-state index in [0.29, 0.717) is 31.0 Å². The molecule has 2 heterocycles. The topological polar surface area (TPSA) is 120 Å². The Morgan fingerprint density at radius 2 is 1.28 bits per heavy atom. The van der Waals surface area contributed by atoms with Crippen molar-refractivity contribution in [1.82, 2.24) is 14.8 Å². The fourth-order valence-corrected chi connectivity index (χ4v) is 9.50. The first kappa shape index (κ1) is 47.8. The number of unbranched alkanes of at least 4 members (excludes halogenated alkanes) is 2. The average Bonchev–Trinajstić information content (AvgIpc) is 3.31. The lowest BCUT2D eigenvalue weighted by molar-refractivity contribution is -0.714. The number of carbonyl (C=O) groups is 2. The number of H-pyrrole nitrogens is 1. The summed E-state index contributed by atoms with van der Waals surface area (Å²) in [7, 11) is 3.36. The summed E-state index contributed by atoms with van der Waals surface area (Å²) in [5, 5.41) is 9.53. The van der Waals surface area contributed by atoms with E-state index in [2.05, 4.69) is 101 Å². The van der Waals surface area contributed by atoms with Crippen LogP contribution in [0.2, 0.25) is 0 Å². The van der Waals surface area contributed by atoms with E-state index >= 15 is 0 Å². The van der Waals surface area contributed by atoms with Gasteiger partial charge in [-0.25, -0.2) is 9.59 Å². The summed E-state index contributed by atoms with van der Waals surface area (Å²) in [6.07, 6.45) is 7.67. The third-order valence-corrected chi connectivity index (χ3v) is 13.0. The maximum atomic E-state index is 13.1. The van der Waals surface area contributed by atoms with Gasteiger partial charge in [-0.1, -0.05) is 97.4 Å². The minimum Gasteiger partial charge on any atom is -0.444 e. The Morgan fingerprint density at radius 1 is 0.738 bits per heavy atom. The third-order valence-electron chi connectivity index (χ3n) is 11.3. The van der Waals surface area contributed by atoms with Gasteiger partial charge in [0.1, 0.15) is 23.0 Å². The second kappa shape index (κ2) is 22.3. The Hall–Kier alpha value is -6.64. The van der Waals surface area contributed by atoms with Gasteiger partial charge in [0, 0.05) is 62.6 Å². The van der Waals surface area contributed by atoms with Crippen LogP contribution in [-0.2, 0) is 9.48 Å². The van der Waals surface area contributed by atoms with Gasteiger partial charge in [0.05, 0.1) is 4.75 Å². The van der Waals surface area contributed by atoms with Crippen LogP contribution in [0.25, 0.3) is 11.1 Å². The lowest BCUT2D eigenvalue weighted by Gasteiger charge is -2.35. The summed E-state index contributed by atoms with van der Waals surface area (Å²) in [6.45, 7) is 8.15. The Balaban J connectivity index is 1.15. The molecule has 0 radical (unpaired) electrons. The zero-order chi connectivity index (χ0) is 46.4. The monoisotopic (exact) mass is 890 g/mol. The van der Waals surface area contributed by atoms with Crippen molar-refractivity contribution in [2.24, 2.45) is 0 Å². The van der Waals surface area contributed by atoms with Crippen LogP contribution < -0.4 is 14.9 Å². The van der Waals surface area contributed by atoms with Crippen molar-refractivity contribution in [2.45, 2.75) is 76.2 Å². The van der Waals surface area contributed by atoms with Gasteiger partial charge in [-0.15, -0.1) is 11.8 Å². The number of nitrogens with one attached hydrogen (secondary N) is 1. The minimum atomic E-state index is -0.581. The number of pyridine rings is 2. The number of aromatic amines is 1. The Bertz CT molecular complexity index is 2480. The number of ether oxygens (including phenoxy) is 2. The quantitative estimate of drug-likeness (QED) is 0.0518. The molecule has 0 aliphatic rings. The Kier molecular flexibility index (Phi) is 16.4. The maximum absolute atomic E-state index is 13.1. The van der Waals surface area contributed by atoms with Crippen molar-refractivity contribution in [3.8, 4) is 22.9 Å². The van der Waals surface area contributed by atoms with Crippen molar-refractivity contribution >= 4 is 23.9 Å². The zero-order valence-corrected chi connectivity index (χ0v) is 39.1. The number of amides is 2. The summed E-state index contributed by atoms with van der Waals surface area (Å²) in [4.78, 5) is 43.5. The highest BCUT2D eigenvalue weighted by molar-refractivity contribution is 8.00. The van der Waals surface area contributed by atoms with Crippen LogP contribution in [0.1, 0.15) is 92.4 Å². The van der Waals surface area contributed by atoms with Gasteiger partial charge in [0.2, 0.25) is 0 Å². The lowest BCUT2D eigenvalue weighted by Crippen LogP contribution is -2.39. The van der Waals surface area contributed by atoms with Gasteiger partial charge >= 0.3 is 12.2 Å². The molecular formula is C54H60N5O5S+. The lowest BCUT2D eigenvalue weighted by atomic mass is 9.84. The first-order valence-corrected chi connectivity index (χ1v) is 23.2. The molecule has 1 unspecified atom stereocenters. The van der Waals surface area contributed by atoms with E-state index in [1.54, 1.807) is 20.2 Å². The van der Waals surface area contributed by atoms with Crippen molar-refractivity contribution in [3.05, 3.63) is 190 Å². The highest BCUT2D eigenvalue weighted by Crippen LogP contribution is 2.48. The van der Waals surface area contributed by atoms with E-state index in [9.17, 15) is 19.6 Å². The number of nitriles is 1. The number of nitrogens with zero attached hydrogens (tertiary/aromatic N) is 4. The molecule has 11 heteroatoms. The molecule has 336 valence electrons. The van der Waals surface area contributed by atoms with Crippen LogP contribution in [0.15, 0.2) is 151 Å². The highest BCUT2D eigenvalue weighted by atomic mass is 32.2.